The first-order valence-electron chi connectivity index (χ1n) is 15.4. The molecule has 0 radical (unpaired) electrons. The van der Waals surface area contributed by atoms with Gasteiger partial charge in [-0.2, -0.15) is 0 Å². The number of nitrogens with zero attached hydrogens (tertiary/aromatic N) is 1. The Morgan fingerprint density at radius 2 is 1.07 bits per heavy atom. The molecule has 0 bridgehead atoms. The minimum absolute atomic E-state index is 0.0301. The second-order valence-corrected chi connectivity index (χ2v) is 13.0. The maximum absolute atomic E-state index is 13.0. The van der Waals surface area contributed by atoms with E-state index in [-0.39, 0.29) is 49.6 Å². The summed E-state index contributed by atoms with van der Waals surface area (Å²) < 4.78 is 0. The van der Waals surface area contributed by atoms with Crippen molar-refractivity contribution in [3.63, 3.8) is 0 Å². The summed E-state index contributed by atoms with van der Waals surface area (Å²) in [6, 6.07) is -0.882. The van der Waals surface area contributed by atoms with Crippen LogP contribution in [-0.2, 0) is 19.2 Å². The Morgan fingerprint density at radius 3 is 1.51 bits per heavy atom. The first kappa shape index (κ1) is 31.2. The average Bonchev–Trinajstić information content (AvgIpc) is 2.94. The third-order valence-corrected chi connectivity index (χ3v) is 10.3. The summed E-state index contributed by atoms with van der Waals surface area (Å²) in [5, 5.41) is 46.3. The van der Waals surface area contributed by atoms with Gasteiger partial charge in [0.25, 0.3) is 0 Å². The van der Waals surface area contributed by atoms with Gasteiger partial charge >= 0.3 is 11.9 Å². The molecule has 5 N–H and O–H groups in total. The van der Waals surface area contributed by atoms with Crippen LogP contribution in [0.2, 0.25) is 0 Å². The zero-order valence-electron chi connectivity index (χ0n) is 23.6. The lowest BCUT2D eigenvalue weighted by molar-refractivity contribution is -0.528. The fraction of sp³-hybridized carbons (Fsp3) is 0.862. The third-order valence-electron chi connectivity index (χ3n) is 10.3. The van der Waals surface area contributed by atoms with Crippen LogP contribution in [0.3, 0.4) is 0 Å². The summed E-state index contributed by atoms with van der Waals surface area (Å²) in [6.07, 6.45) is 8.92. The van der Waals surface area contributed by atoms with E-state index in [0.717, 1.165) is 57.8 Å². The van der Waals surface area contributed by atoms with Crippen LogP contribution in [0.1, 0.15) is 96.3 Å². The van der Waals surface area contributed by atoms with Crippen LogP contribution in [0.4, 0.5) is 0 Å². The van der Waals surface area contributed by atoms with E-state index in [1.54, 1.807) is 0 Å². The molecule has 4 aliphatic rings. The zero-order valence-corrected chi connectivity index (χ0v) is 23.6. The summed E-state index contributed by atoms with van der Waals surface area (Å²) in [5.74, 6) is -4.75. The monoisotopic (exact) mass is 579 g/mol. The summed E-state index contributed by atoms with van der Waals surface area (Å²) in [6.45, 7) is 0. The molecule has 12 heteroatoms. The smallest absolute Gasteiger partial charge is 0.307 e. The van der Waals surface area contributed by atoms with Crippen LogP contribution in [0.25, 0.3) is 0 Å². The Labute approximate surface area is 240 Å². The van der Waals surface area contributed by atoms with Crippen molar-refractivity contribution < 1.29 is 39.4 Å². The number of hydrogen-bond donors (Lipinski definition) is 5. The van der Waals surface area contributed by atoms with Gasteiger partial charge in [0.2, 0.25) is 17.9 Å². The number of aliphatic hydroxyl groups is 1. The molecule has 0 saturated heterocycles. The fourth-order valence-electron chi connectivity index (χ4n) is 7.83. The van der Waals surface area contributed by atoms with Crippen LogP contribution in [-0.4, -0.2) is 68.2 Å². The molecule has 0 aromatic rings. The number of rotatable bonds is 9. The lowest BCUT2D eigenvalue weighted by Gasteiger charge is -2.36. The molecule has 4 saturated carbocycles. The largest absolute Gasteiger partial charge is 0.481 e. The van der Waals surface area contributed by atoms with Gasteiger partial charge in [0.15, 0.2) is 0 Å². The highest BCUT2D eigenvalue weighted by molar-refractivity contribution is 5.85. The number of nitrogens with one attached hydrogen (secondary N) is 2. The second kappa shape index (κ2) is 13.9. The van der Waals surface area contributed by atoms with Gasteiger partial charge in [-0.1, -0.05) is 0 Å². The van der Waals surface area contributed by atoms with E-state index in [1.807, 2.05) is 0 Å². The molecule has 0 spiro atoms. The maximum atomic E-state index is 13.0. The SMILES string of the molecule is O=C(O)C1CCC(O)CC1C(=O)NC1CCC(CC2CCC(NC(=O)C3CC([N+](=O)[O-])CCC3C(=O)O)CC2)CC1. The fourth-order valence-corrected chi connectivity index (χ4v) is 7.83. The van der Waals surface area contributed by atoms with E-state index in [9.17, 15) is 44.6 Å². The third kappa shape index (κ3) is 8.17. The number of carbonyl (C=O) groups excluding carboxylic acids is 2. The Bertz CT molecular complexity index is 975. The van der Waals surface area contributed by atoms with Crippen LogP contribution in [0.5, 0.6) is 0 Å². The van der Waals surface area contributed by atoms with E-state index in [4.69, 9.17) is 0 Å². The highest BCUT2D eigenvalue weighted by Gasteiger charge is 2.44. The minimum Gasteiger partial charge on any atom is -0.481 e. The Hall–Kier alpha value is -2.76. The quantitative estimate of drug-likeness (QED) is 0.201. The van der Waals surface area contributed by atoms with Crippen LogP contribution in [0, 0.1) is 45.6 Å². The molecule has 0 aliphatic heterocycles. The number of carboxylic acid groups (broad SMARTS) is 2. The maximum Gasteiger partial charge on any atom is 0.307 e. The van der Waals surface area contributed by atoms with Crippen molar-refractivity contribution >= 4 is 23.8 Å². The van der Waals surface area contributed by atoms with Crippen molar-refractivity contribution in [3.8, 4) is 0 Å². The van der Waals surface area contributed by atoms with Crippen molar-refractivity contribution in [2.45, 2.75) is 121 Å². The number of carboxylic acids is 2. The number of aliphatic carboxylic acids is 2. The minimum atomic E-state index is -1.07. The van der Waals surface area contributed by atoms with Crippen molar-refractivity contribution in [1.29, 1.82) is 0 Å². The van der Waals surface area contributed by atoms with Gasteiger partial charge in [-0.25, -0.2) is 0 Å². The first-order chi connectivity index (χ1) is 19.5. The second-order valence-electron chi connectivity index (χ2n) is 13.0. The van der Waals surface area contributed by atoms with Gasteiger partial charge in [0.1, 0.15) is 0 Å². The molecular weight excluding hydrogens is 534 g/mol. The van der Waals surface area contributed by atoms with Crippen LogP contribution >= 0.6 is 0 Å². The molecule has 0 aromatic carbocycles. The molecule has 4 aliphatic carbocycles. The van der Waals surface area contributed by atoms with E-state index in [1.165, 1.54) is 0 Å². The van der Waals surface area contributed by atoms with Crippen molar-refractivity contribution in [2.75, 3.05) is 0 Å². The number of carbonyl (C=O) groups is 4. The number of amides is 2. The molecule has 6 atom stereocenters. The molecule has 12 nitrogen and oxygen atoms in total. The zero-order chi connectivity index (χ0) is 29.7. The van der Waals surface area contributed by atoms with Crippen molar-refractivity contribution in [3.05, 3.63) is 10.1 Å². The van der Waals surface area contributed by atoms with Crippen LogP contribution < -0.4 is 10.6 Å². The molecular formula is C29H45N3O9. The molecule has 0 aromatic heterocycles. The average molecular weight is 580 g/mol. The van der Waals surface area contributed by atoms with Gasteiger partial charge in [-0.15, -0.1) is 0 Å². The summed E-state index contributed by atoms with van der Waals surface area (Å²) >= 11 is 0. The van der Waals surface area contributed by atoms with E-state index in [0.29, 0.717) is 24.7 Å². The van der Waals surface area contributed by atoms with Gasteiger partial charge in [0, 0.05) is 29.8 Å². The van der Waals surface area contributed by atoms with Crippen LogP contribution in [0.15, 0.2) is 0 Å². The first-order valence-corrected chi connectivity index (χ1v) is 15.4. The van der Waals surface area contributed by atoms with E-state index in [2.05, 4.69) is 10.6 Å². The normalized spacial score (nSPS) is 37.9. The topological polar surface area (TPSA) is 196 Å². The number of nitro groups is 1. The lowest BCUT2D eigenvalue weighted by Crippen LogP contribution is -2.48. The highest BCUT2D eigenvalue weighted by atomic mass is 16.6. The molecule has 4 fully saturated rings. The van der Waals surface area contributed by atoms with Gasteiger partial charge in [0.05, 0.1) is 29.8 Å². The van der Waals surface area contributed by atoms with E-state index < -0.39 is 52.7 Å². The van der Waals surface area contributed by atoms with Gasteiger partial charge < -0.3 is 26.0 Å². The Kier molecular flexibility index (Phi) is 10.6. The number of hydrogen-bond acceptors (Lipinski definition) is 7. The molecule has 230 valence electrons. The van der Waals surface area contributed by atoms with Crippen molar-refractivity contribution in [2.24, 2.45) is 35.5 Å². The van der Waals surface area contributed by atoms with E-state index >= 15 is 0 Å². The standard InChI is InChI=1S/C29H45N3O9/c33-21-10-12-23(29(38)39)25(15-21)27(35)31-19-7-3-17(4-8-19)13-16-1-5-18(6-2-16)30-26(34)24-14-20(32(40)41)9-11-22(24)28(36)37/h16-25,33H,1-15H2,(H,30,34)(H,31,35)(H,36,37)(H,38,39). The predicted molar refractivity (Wildman–Crippen MR) is 146 cm³/mol. The Balaban J connectivity index is 1.17. The summed E-state index contributed by atoms with van der Waals surface area (Å²) in [7, 11) is 0. The summed E-state index contributed by atoms with van der Waals surface area (Å²) in [4.78, 5) is 59.9. The Morgan fingerprint density at radius 1 is 0.634 bits per heavy atom. The summed E-state index contributed by atoms with van der Waals surface area (Å²) in [5.41, 5.74) is 0. The molecule has 2 amide bonds. The van der Waals surface area contributed by atoms with Crippen molar-refractivity contribution in [1.82, 2.24) is 10.6 Å². The molecule has 6 unspecified atom stereocenters. The number of aliphatic hydroxyl groups excluding tert-OH is 1. The molecule has 0 heterocycles. The lowest BCUT2D eigenvalue weighted by atomic mass is 9.74. The predicted octanol–water partition coefficient (Wildman–Crippen LogP) is 2.73. The van der Waals surface area contributed by atoms with Gasteiger partial charge in [-0.3, -0.25) is 29.3 Å². The highest BCUT2D eigenvalue weighted by Crippen LogP contribution is 2.37. The molecule has 41 heavy (non-hydrogen) atoms. The van der Waals surface area contributed by atoms with Gasteiger partial charge in [-0.05, 0) is 95.3 Å². The molecule has 4 rings (SSSR count).